The Balaban J connectivity index is 1.99. The van der Waals surface area contributed by atoms with E-state index in [0.717, 1.165) is 16.4 Å². The van der Waals surface area contributed by atoms with E-state index in [1.807, 2.05) is 0 Å². The minimum Gasteiger partial charge on any atom is -0.338 e. The number of benzene rings is 2. The zero-order chi connectivity index (χ0) is 23.5. The van der Waals surface area contributed by atoms with E-state index in [0.29, 0.717) is 11.4 Å². The molecular weight excluding hydrogens is 438 g/mol. The number of aryl methyl sites for hydroxylation is 1. The van der Waals surface area contributed by atoms with Crippen LogP contribution in [-0.2, 0) is 17.1 Å². The van der Waals surface area contributed by atoms with Crippen LogP contribution in [0.1, 0.15) is 41.6 Å². The van der Waals surface area contributed by atoms with E-state index in [-0.39, 0.29) is 18.7 Å². The molecule has 0 bridgehead atoms. The first-order valence-electron chi connectivity index (χ1n) is 10.0. The zero-order valence-corrected chi connectivity index (χ0v) is 18.7. The fourth-order valence-corrected chi connectivity index (χ4v) is 4.92. The third kappa shape index (κ3) is 4.71. The van der Waals surface area contributed by atoms with Crippen LogP contribution in [0.5, 0.6) is 0 Å². The molecular formula is C22H24F2N4O3S. The topological polar surface area (TPSA) is 84.3 Å². The average molecular weight is 463 g/mol. The Morgan fingerprint density at radius 3 is 2.34 bits per heavy atom. The van der Waals surface area contributed by atoms with E-state index < -0.39 is 38.5 Å². The number of sulfonamides is 1. The summed E-state index contributed by atoms with van der Waals surface area (Å²) in [6.07, 6.45) is 3.26. The van der Waals surface area contributed by atoms with Crippen molar-refractivity contribution >= 4 is 15.9 Å². The molecule has 2 aromatic carbocycles. The van der Waals surface area contributed by atoms with Crippen molar-refractivity contribution in [2.75, 3.05) is 13.1 Å². The first-order chi connectivity index (χ1) is 15.2. The second kappa shape index (κ2) is 9.58. The highest BCUT2D eigenvalue weighted by atomic mass is 32.2. The summed E-state index contributed by atoms with van der Waals surface area (Å²) >= 11 is 0. The van der Waals surface area contributed by atoms with Gasteiger partial charge in [0.05, 0.1) is 0 Å². The Morgan fingerprint density at radius 2 is 1.78 bits per heavy atom. The van der Waals surface area contributed by atoms with E-state index in [4.69, 9.17) is 0 Å². The quantitative estimate of drug-likeness (QED) is 0.557. The number of hydrogen-bond acceptors (Lipinski definition) is 4. The highest BCUT2D eigenvalue weighted by molar-refractivity contribution is 7.89. The summed E-state index contributed by atoms with van der Waals surface area (Å²) in [4.78, 5) is 16.8. The Labute approximate surface area is 185 Å². The molecule has 1 N–H and O–H groups in total. The molecule has 0 spiro atoms. The highest BCUT2D eigenvalue weighted by Crippen LogP contribution is 2.24. The van der Waals surface area contributed by atoms with Gasteiger partial charge in [0.25, 0.3) is 5.91 Å². The number of nitrogens with one attached hydrogen (secondary N) is 1. The number of aromatic nitrogens is 2. The van der Waals surface area contributed by atoms with Crippen molar-refractivity contribution < 1.29 is 22.0 Å². The Kier molecular flexibility index (Phi) is 7.05. The van der Waals surface area contributed by atoms with Gasteiger partial charge in [0, 0.05) is 38.1 Å². The van der Waals surface area contributed by atoms with Gasteiger partial charge in [-0.15, -0.1) is 0 Å². The minimum absolute atomic E-state index is 0.0292. The van der Waals surface area contributed by atoms with Gasteiger partial charge in [-0.3, -0.25) is 4.79 Å². The van der Waals surface area contributed by atoms with Gasteiger partial charge >= 0.3 is 0 Å². The van der Waals surface area contributed by atoms with E-state index in [2.05, 4.69) is 10.3 Å². The summed E-state index contributed by atoms with van der Waals surface area (Å²) in [5, 5.41) is 2.79. The second-order valence-corrected chi connectivity index (χ2v) is 9.00. The molecule has 1 aromatic heterocycles. The van der Waals surface area contributed by atoms with Crippen LogP contribution in [0.25, 0.3) is 0 Å². The fraction of sp³-hybridized carbons (Fsp3) is 0.273. The van der Waals surface area contributed by atoms with Crippen LogP contribution in [0, 0.1) is 11.6 Å². The van der Waals surface area contributed by atoms with Gasteiger partial charge < -0.3 is 9.88 Å². The number of carbonyl (C=O) groups is 1. The van der Waals surface area contributed by atoms with Crippen molar-refractivity contribution in [1.82, 2.24) is 19.2 Å². The Bertz CT molecular complexity index is 1210. The number of imidazole rings is 1. The lowest BCUT2D eigenvalue weighted by Crippen LogP contribution is -2.33. The Morgan fingerprint density at radius 1 is 1.12 bits per heavy atom. The van der Waals surface area contributed by atoms with E-state index in [1.165, 1.54) is 30.3 Å². The monoisotopic (exact) mass is 462 g/mol. The SMILES string of the molecule is CCN(CC)S(=O)(=O)c1cc(C(=O)NC(c2ccc(F)cc2)c2nccn2C)ccc1F. The van der Waals surface area contributed by atoms with Crippen LogP contribution in [0.3, 0.4) is 0 Å². The van der Waals surface area contributed by atoms with Gasteiger partial charge in [0.2, 0.25) is 10.0 Å². The molecule has 32 heavy (non-hydrogen) atoms. The zero-order valence-electron chi connectivity index (χ0n) is 17.9. The third-order valence-electron chi connectivity index (χ3n) is 5.11. The summed E-state index contributed by atoms with van der Waals surface area (Å²) < 4.78 is 56.3. The molecule has 0 saturated heterocycles. The smallest absolute Gasteiger partial charge is 0.252 e. The molecule has 0 aliphatic rings. The van der Waals surface area contributed by atoms with Crippen LogP contribution in [0.2, 0.25) is 0 Å². The van der Waals surface area contributed by atoms with Gasteiger partial charge in [0.15, 0.2) is 0 Å². The maximum atomic E-state index is 14.4. The summed E-state index contributed by atoms with van der Waals surface area (Å²) in [5.41, 5.74) is 0.547. The molecule has 10 heteroatoms. The molecule has 0 fully saturated rings. The summed E-state index contributed by atoms with van der Waals surface area (Å²) in [6, 6.07) is 8.04. The lowest BCUT2D eigenvalue weighted by molar-refractivity contribution is 0.0941. The van der Waals surface area contributed by atoms with Crippen LogP contribution < -0.4 is 5.32 Å². The standard InChI is InChI=1S/C22H24F2N4O3S/c1-4-28(5-2)32(30,31)19-14-16(8-11-18(19)24)22(29)26-20(21-25-12-13-27(21)3)15-6-9-17(23)10-7-15/h6-14,20H,4-5H2,1-3H3,(H,26,29). The molecule has 3 aromatic rings. The largest absolute Gasteiger partial charge is 0.338 e. The van der Waals surface area contributed by atoms with Crippen molar-refractivity contribution in [1.29, 1.82) is 0 Å². The van der Waals surface area contributed by atoms with Crippen molar-refractivity contribution in [2.45, 2.75) is 24.8 Å². The van der Waals surface area contributed by atoms with Crippen LogP contribution in [0.4, 0.5) is 8.78 Å². The van der Waals surface area contributed by atoms with Crippen LogP contribution >= 0.6 is 0 Å². The molecule has 7 nitrogen and oxygen atoms in total. The molecule has 0 saturated carbocycles. The molecule has 1 unspecified atom stereocenters. The number of hydrogen-bond donors (Lipinski definition) is 1. The summed E-state index contributed by atoms with van der Waals surface area (Å²) in [7, 11) is -2.36. The molecule has 1 amide bonds. The first-order valence-corrected chi connectivity index (χ1v) is 11.5. The normalized spacial score (nSPS) is 12.7. The fourth-order valence-electron chi connectivity index (χ4n) is 3.37. The molecule has 0 aliphatic heterocycles. The molecule has 3 rings (SSSR count). The second-order valence-electron chi connectivity index (χ2n) is 7.09. The molecule has 0 radical (unpaired) electrons. The van der Waals surface area contributed by atoms with Gasteiger partial charge in [-0.1, -0.05) is 26.0 Å². The van der Waals surface area contributed by atoms with Crippen LogP contribution in [-0.4, -0.2) is 41.3 Å². The summed E-state index contributed by atoms with van der Waals surface area (Å²) in [5.74, 6) is -1.50. The molecule has 170 valence electrons. The van der Waals surface area contributed by atoms with E-state index in [9.17, 15) is 22.0 Å². The predicted octanol–water partition coefficient (Wildman–Crippen LogP) is 3.25. The highest BCUT2D eigenvalue weighted by Gasteiger charge is 2.27. The van der Waals surface area contributed by atoms with E-state index >= 15 is 0 Å². The number of nitrogens with zero attached hydrogens (tertiary/aromatic N) is 3. The molecule has 1 heterocycles. The van der Waals surface area contributed by atoms with E-state index in [1.54, 1.807) is 37.9 Å². The minimum atomic E-state index is -4.10. The summed E-state index contributed by atoms with van der Waals surface area (Å²) in [6.45, 7) is 3.63. The lowest BCUT2D eigenvalue weighted by atomic mass is 10.1. The number of halogens is 2. The van der Waals surface area contributed by atoms with Crippen LogP contribution in [0.15, 0.2) is 59.8 Å². The molecule has 0 aliphatic carbocycles. The molecule has 1 atom stereocenters. The van der Waals surface area contributed by atoms with Gasteiger partial charge in [0.1, 0.15) is 28.4 Å². The number of rotatable bonds is 8. The van der Waals surface area contributed by atoms with Gasteiger partial charge in [-0.05, 0) is 35.9 Å². The first kappa shape index (κ1) is 23.6. The number of amides is 1. The third-order valence-corrected chi connectivity index (χ3v) is 7.18. The van der Waals surface area contributed by atoms with Crippen molar-refractivity contribution in [3.8, 4) is 0 Å². The average Bonchev–Trinajstić information content (AvgIpc) is 3.19. The number of carbonyl (C=O) groups excluding carboxylic acids is 1. The van der Waals surface area contributed by atoms with Crippen molar-refractivity contribution in [3.05, 3.63) is 83.4 Å². The van der Waals surface area contributed by atoms with Gasteiger partial charge in [-0.2, -0.15) is 4.31 Å². The lowest BCUT2D eigenvalue weighted by Gasteiger charge is -2.21. The van der Waals surface area contributed by atoms with Crippen molar-refractivity contribution in [3.63, 3.8) is 0 Å². The maximum absolute atomic E-state index is 14.4. The van der Waals surface area contributed by atoms with Crippen molar-refractivity contribution in [2.24, 2.45) is 7.05 Å². The van der Waals surface area contributed by atoms with Gasteiger partial charge in [-0.25, -0.2) is 22.2 Å². The maximum Gasteiger partial charge on any atom is 0.252 e. The predicted molar refractivity (Wildman–Crippen MR) is 115 cm³/mol. The Hall–Kier alpha value is -3.11.